The van der Waals surface area contributed by atoms with Crippen molar-refractivity contribution in [1.82, 2.24) is 15.3 Å². The third kappa shape index (κ3) is 3.74. The van der Waals surface area contributed by atoms with Gasteiger partial charge in [-0.1, -0.05) is 22.9 Å². The maximum atomic E-state index is 13.6. The lowest BCUT2D eigenvalue weighted by atomic mass is 10.2. The third-order valence-corrected chi connectivity index (χ3v) is 3.21. The molecule has 0 unspecified atom stereocenters. The van der Waals surface area contributed by atoms with Gasteiger partial charge in [0, 0.05) is 28.5 Å². The van der Waals surface area contributed by atoms with Crippen molar-refractivity contribution in [3.63, 3.8) is 0 Å². The Morgan fingerprint density at radius 1 is 1.40 bits per heavy atom. The summed E-state index contributed by atoms with van der Waals surface area (Å²) in [5, 5.41) is 3.20. The number of hydrogen-bond donors (Lipinski definition) is 1. The van der Waals surface area contributed by atoms with Crippen LogP contribution in [0.1, 0.15) is 18.2 Å². The lowest BCUT2D eigenvalue weighted by Crippen LogP contribution is -2.13. The van der Waals surface area contributed by atoms with E-state index in [1.807, 2.05) is 13.8 Å². The van der Waals surface area contributed by atoms with E-state index < -0.39 is 5.82 Å². The molecule has 0 bridgehead atoms. The van der Waals surface area contributed by atoms with E-state index >= 15 is 0 Å². The summed E-state index contributed by atoms with van der Waals surface area (Å²) < 4.78 is 19.7. The van der Waals surface area contributed by atoms with Gasteiger partial charge in [0.1, 0.15) is 0 Å². The molecule has 0 aliphatic rings. The molecule has 2 rings (SSSR count). The number of aromatic nitrogens is 2. The predicted octanol–water partition coefficient (Wildman–Crippen LogP) is 3.59. The molecule has 0 spiro atoms. The van der Waals surface area contributed by atoms with Crippen molar-refractivity contribution >= 4 is 15.9 Å². The minimum Gasteiger partial charge on any atom is -0.421 e. The summed E-state index contributed by atoms with van der Waals surface area (Å²) in [6.07, 6.45) is 1.69. The van der Waals surface area contributed by atoms with Crippen molar-refractivity contribution in [3.8, 4) is 11.8 Å². The fourth-order valence-corrected chi connectivity index (χ4v) is 1.95. The summed E-state index contributed by atoms with van der Waals surface area (Å²) in [5.74, 6) is -0.357. The van der Waals surface area contributed by atoms with Crippen molar-refractivity contribution in [2.45, 2.75) is 20.4 Å². The molecule has 1 aromatic carbocycles. The summed E-state index contributed by atoms with van der Waals surface area (Å²) >= 11 is 3.27. The molecule has 2 aromatic rings. The summed E-state index contributed by atoms with van der Waals surface area (Å²) in [7, 11) is 0. The van der Waals surface area contributed by atoms with E-state index in [0.29, 0.717) is 6.54 Å². The fourth-order valence-electron chi connectivity index (χ4n) is 1.61. The van der Waals surface area contributed by atoms with Crippen LogP contribution in [0.15, 0.2) is 28.9 Å². The fraction of sp³-hybridized carbons (Fsp3) is 0.286. The Balaban J connectivity index is 2.17. The molecule has 20 heavy (non-hydrogen) atoms. The predicted molar refractivity (Wildman–Crippen MR) is 78.3 cm³/mol. The van der Waals surface area contributed by atoms with E-state index in [-0.39, 0.29) is 11.8 Å². The first-order chi connectivity index (χ1) is 9.60. The van der Waals surface area contributed by atoms with Crippen LogP contribution in [0.3, 0.4) is 0 Å². The van der Waals surface area contributed by atoms with Crippen molar-refractivity contribution in [3.05, 3.63) is 45.9 Å². The number of nitrogens with zero attached hydrogens (tertiary/aromatic N) is 2. The van der Waals surface area contributed by atoms with Crippen LogP contribution in [0, 0.1) is 12.7 Å². The Labute approximate surface area is 125 Å². The first-order valence-electron chi connectivity index (χ1n) is 6.26. The second-order valence-corrected chi connectivity index (χ2v) is 5.14. The number of nitrogens with one attached hydrogen (secondary N) is 1. The molecule has 0 fully saturated rings. The molecule has 0 atom stereocenters. The van der Waals surface area contributed by atoms with Crippen molar-refractivity contribution in [2.24, 2.45) is 0 Å². The van der Waals surface area contributed by atoms with Crippen molar-refractivity contribution in [1.29, 1.82) is 0 Å². The molecular formula is C14H15BrFN3O. The number of halogens is 2. The summed E-state index contributed by atoms with van der Waals surface area (Å²) in [6, 6.07) is 4.61. The highest BCUT2D eigenvalue weighted by Gasteiger charge is 2.09. The first-order valence-corrected chi connectivity index (χ1v) is 7.05. The van der Waals surface area contributed by atoms with E-state index in [2.05, 4.69) is 31.2 Å². The molecule has 0 saturated heterocycles. The highest BCUT2D eigenvalue weighted by molar-refractivity contribution is 9.10. The molecule has 1 heterocycles. The molecule has 0 aliphatic carbocycles. The van der Waals surface area contributed by atoms with Crippen LogP contribution in [-0.2, 0) is 6.54 Å². The Hall–Kier alpha value is -1.53. The lowest BCUT2D eigenvalue weighted by Gasteiger charge is -2.09. The Morgan fingerprint density at radius 3 is 2.90 bits per heavy atom. The van der Waals surface area contributed by atoms with Crippen molar-refractivity contribution < 1.29 is 9.13 Å². The number of hydrogen-bond acceptors (Lipinski definition) is 4. The van der Waals surface area contributed by atoms with Crippen LogP contribution in [0.4, 0.5) is 4.39 Å². The van der Waals surface area contributed by atoms with Crippen LogP contribution >= 0.6 is 15.9 Å². The monoisotopic (exact) mass is 339 g/mol. The largest absolute Gasteiger partial charge is 0.421 e. The zero-order valence-electron chi connectivity index (χ0n) is 11.3. The number of aryl methyl sites for hydroxylation is 1. The molecule has 4 nitrogen and oxygen atoms in total. The maximum absolute atomic E-state index is 13.6. The summed E-state index contributed by atoms with van der Waals surface area (Å²) in [6.45, 7) is 5.48. The lowest BCUT2D eigenvalue weighted by molar-refractivity contribution is 0.408. The van der Waals surface area contributed by atoms with Gasteiger partial charge in [0.05, 0.1) is 0 Å². The van der Waals surface area contributed by atoms with Crippen LogP contribution in [-0.4, -0.2) is 16.5 Å². The van der Waals surface area contributed by atoms with Crippen LogP contribution in [0.25, 0.3) is 0 Å². The average molecular weight is 340 g/mol. The Kier molecular flexibility index (Phi) is 5.03. The standard InChI is InChI=1S/C14H15BrFN3O/c1-3-17-7-10-8-18-14(19-9(10)2)20-13-6-11(15)4-5-12(13)16/h4-6,8,17H,3,7H2,1-2H3. The molecule has 0 radical (unpaired) electrons. The Morgan fingerprint density at radius 2 is 2.20 bits per heavy atom. The van der Waals surface area contributed by atoms with Gasteiger partial charge in [-0.05, 0) is 31.7 Å². The first kappa shape index (κ1) is 14.9. The van der Waals surface area contributed by atoms with E-state index in [1.54, 1.807) is 18.3 Å². The zero-order valence-corrected chi connectivity index (χ0v) is 12.9. The molecular weight excluding hydrogens is 325 g/mol. The topological polar surface area (TPSA) is 47.0 Å². The van der Waals surface area contributed by atoms with Gasteiger partial charge in [-0.15, -0.1) is 0 Å². The zero-order chi connectivity index (χ0) is 14.5. The molecule has 0 amide bonds. The minimum absolute atomic E-state index is 0.0956. The molecule has 0 aliphatic heterocycles. The summed E-state index contributed by atoms with van der Waals surface area (Å²) in [5.41, 5.74) is 1.81. The van der Waals surface area contributed by atoms with Crippen LogP contribution in [0.2, 0.25) is 0 Å². The normalized spacial score (nSPS) is 10.6. The molecule has 1 N–H and O–H groups in total. The number of ether oxygens (including phenoxy) is 1. The second kappa shape index (κ2) is 6.76. The maximum Gasteiger partial charge on any atom is 0.322 e. The van der Waals surface area contributed by atoms with E-state index in [4.69, 9.17) is 4.74 Å². The number of benzene rings is 1. The summed E-state index contributed by atoms with van der Waals surface area (Å²) in [4.78, 5) is 8.34. The average Bonchev–Trinajstić information content (AvgIpc) is 2.42. The Bertz CT molecular complexity index is 607. The van der Waals surface area contributed by atoms with Gasteiger partial charge in [-0.2, -0.15) is 4.98 Å². The molecule has 0 saturated carbocycles. The quantitative estimate of drug-likeness (QED) is 0.904. The van der Waals surface area contributed by atoms with E-state index in [9.17, 15) is 4.39 Å². The van der Waals surface area contributed by atoms with E-state index in [1.165, 1.54) is 6.07 Å². The van der Waals surface area contributed by atoms with Crippen LogP contribution in [0.5, 0.6) is 11.8 Å². The molecule has 106 valence electrons. The van der Waals surface area contributed by atoms with Crippen molar-refractivity contribution in [2.75, 3.05) is 6.54 Å². The third-order valence-electron chi connectivity index (χ3n) is 2.72. The van der Waals surface area contributed by atoms with E-state index in [0.717, 1.165) is 22.3 Å². The van der Waals surface area contributed by atoms with Gasteiger partial charge in [-0.3, -0.25) is 0 Å². The number of rotatable bonds is 5. The molecule has 1 aromatic heterocycles. The smallest absolute Gasteiger partial charge is 0.322 e. The van der Waals surface area contributed by atoms with Gasteiger partial charge in [0.25, 0.3) is 0 Å². The highest BCUT2D eigenvalue weighted by atomic mass is 79.9. The van der Waals surface area contributed by atoms with Gasteiger partial charge in [0.15, 0.2) is 11.6 Å². The second-order valence-electron chi connectivity index (χ2n) is 4.22. The van der Waals surface area contributed by atoms with Gasteiger partial charge >= 0.3 is 6.01 Å². The van der Waals surface area contributed by atoms with Gasteiger partial charge < -0.3 is 10.1 Å². The van der Waals surface area contributed by atoms with Gasteiger partial charge in [0.2, 0.25) is 0 Å². The minimum atomic E-state index is -0.453. The SMILES string of the molecule is CCNCc1cnc(Oc2cc(Br)ccc2F)nc1C. The highest BCUT2D eigenvalue weighted by Crippen LogP contribution is 2.25. The van der Waals surface area contributed by atoms with Crippen LogP contribution < -0.4 is 10.1 Å². The molecule has 6 heteroatoms. The van der Waals surface area contributed by atoms with Gasteiger partial charge in [-0.25, -0.2) is 9.37 Å².